The van der Waals surface area contributed by atoms with Gasteiger partial charge in [0, 0.05) is 5.39 Å². The lowest BCUT2D eigenvalue weighted by molar-refractivity contribution is 0.539. The standard InChI is InChI=1S/C24H23F/c1-3-16-5-7-19-15-21(9-8-18(19)13-16)23-12-10-20-14-17(4-2)6-11-22(20)24(23)25/h3,5-7,10-14,21H,1,4,8-9,15H2,2H3. The van der Waals surface area contributed by atoms with E-state index in [1.807, 2.05) is 24.3 Å². The second-order valence-corrected chi connectivity index (χ2v) is 7.05. The zero-order valence-electron chi connectivity index (χ0n) is 14.7. The Balaban J connectivity index is 1.70. The minimum atomic E-state index is -0.0312. The van der Waals surface area contributed by atoms with E-state index < -0.39 is 0 Å². The lowest BCUT2D eigenvalue weighted by Gasteiger charge is -2.26. The molecular weight excluding hydrogens is 307 g/mol. The molecule has 0 radical (unpaired) electrons. The zero-order chi connectivity index (χ0) is 17.4. The average molecular weight is 330 g/mol. The first-order valence-corrected chi connectivity index (χ1v) is 9.15. The van der Waals surface area contributed by atoms with Crippen LogP contribution in [0.4, 0.5) is 4.39 Å². The second kappa shape index (κ2) is 6.48. The number of halogens is 1. The van der Waals surface area contributed by atoms with Crippen molar-refractivity contribution in [2.45, 2.75) is 38.5 Å². The first kappa shape index (κ1) is 16.1. The highest BCUT2D eigenvalue weighted by Crippen LogP contribution is 2.36. The highest BCUT2D eigenvalue weighted by molar-refractivity contribution is 5.84. The Labute approximate surface area is 149 Å². The summed E-state index contributed by atoms with van der Waals surface area (Å²) >= 11 is 0. The minimum absolute atomic E-state index is 0.0312. The molecule has 25 heavy (non-hydrogen) atoms. The molecule has 0 heterocycles. The maximum Gasteiger partial charge on any atom is 0.134 e. The molecule has 0 bridgehead atoms. The number of benzene rings is 3. The summed E-state index contributed by atoms with van der Waals surface area (Å²) in [6.45, 7) is 5.97. The molecule has 1 aliphatic carbocycles. The molecule has 0 fully saturated rings. The second-order valence-electron chi connectivity index (χ2n) is 7.05. The molecule has 0 amide bonds. The summed E-state index contributed by atoms with van der Waals surface area (Å²) in [6.07, 6.45) is 5.80. The number of fused-ring (bicyclic) bond motifs is 2. The van der Waals surface area contributed by atoms with Gasteiger partial charge in [-0.25, -0.2) is 4.39 Å². The molecule has 3 aromatic carbocycles. The van der Waals surface area contributed by atoms with Gasteiger partial charge in [-0.2, -0.15) is 0 Å². The largest absolute Gasteiger partial charge is 0.206 e. The van der Waals surface area contributed by atoms with E-state index in [2.05, 4.69) is 43.8 Å². The molecule has 1 aliphatic rings. The van der Waals surface area contributed by atoms with E-state index in [1.165, 1.54) is 22.3 Å². The molecule has 0 saturated heterocycles. The van der Waals surface area contributed by atoms with Crippen LogP contribution < -0.4 is 0 Å². The summed E-state index contributed by atoms with van der Waals surface area (Å²) in [5.41, 5.74) is 6.03. The van der Waals surface area contributed by atoms with E-state index in [4.69, 9.17) is 0 Å². The number of hydrogen-bond acceptors (Lipinski definition) is 0. The Kier molecular flexibility index (Phi) is 4.17. The fraction of sp³-hybridized carbons (Fsp3) is 0.250. The molecular formula is C24H23F. The molecule has 0 aromatic heterocycles. The van der Waals surface area contributed by atoms with Crippen LogP contribution in [-0.4, -0.2) is 0 Å². The van der Waals surface area contributed by atoms with Gasteiger partial charge in [0.1, 0.15) is 5.82 Å². The van der Waals surface area contributed by atoms with Crippen molar-refractivity contribution < 1.29 is 4.39 Å². The van der Waals surface area contributed by atoms with E-state index in [1.54, 1.807) is 0 Å². The highest BCUT2D eigenvalue weighted by Gasteiger charge is 2.23. The van der Waals surface area contributed by atoms with Crippen LogP contribution in [0.1, 0.15) is 47.1 Å². The summed E-state index contributed by atoms with van der Waals surface area (Å²) in [5, 5.41) is 1.76. The molecule has 0 aliphatic heterocycles. The van der Waals surface area contributed by atoms with E-state index in [-0.39, 0.29) is 11.7 Å². The van der Waals surface area contributed by atoms with Gasteiger partial charge in [-0.05, 0) is 64.8 Å². The molecule has 1 heteroatoms. The lowest BCUT2D eigenvalue weighted by Crippen LogP contribution is -2.14. The predicted octanol–water partition coefficient (Wildman–Crippen LogP) is 6.46. The SMILES string of the molecule is C=Cc1ccc2c(c1)CCC(c1ccc3cc(CC)ccc3c1F)C2. The fourth-order valence-corrected chi connectivity index (χ4v) is 4.06. The Bertz CT molecular complexity index is 952. The average Bonchev–Trinajstić information content (AvgIpc) is 2.67. The zero-order valence-corrected chi connectivity index (χ0v) is 14.7. The molecule has 3 aromatic rings. The van der Waals surface area contributed by atoms with Gasteiger partial charge in [-0.15, -0.1) is 0 Å². The van der Waals surface area contributed by atoms with Crippen molar-refractivity contribution in [2.75, 3.05) is 0 Å². The van der Waals surface area contributed by atoms with Gasteiger partial charge in [0.2, 0.25) is 0 Å². The molecule has 126 valence electrons. The van der Waals surface area contributed by atoms with Crippen molar-refractivity contribution in [2.24, 2.45) is 0 Å². The Hall–Kier alpha value is -2.41. The number of hydrogen-bond donors (Lipinski definition) is 0. The molecule has 1 unspecified atom stereocenters. The predicted molar refractivity (Wildman–Crippen MR) is 105 cm³/mol. The summed E-state index contributed by atoms with van der Waals surface area (Å²) in [7, 11) is 0. The molecule has 0 spiro atoms. The first-order valence-electron chi connectivity index (χ1n) is 9.15. The third-order valence-electron chi connectivity index (χ3n) is 5.59. The van der Waals surface area contributed by atoms with Gasteiger partial charge >= 0.3 is 0 Å². The van der Waals surface area contributed by atoms with E-state index in [0.717, 1.165) is 42.0 Å². The highest BCUT2D eigenvalue weighted by atomic mass is 19.1. The first-order chi connectivity index (χ1) is 12.2. The topological polar surface area (TPSA) is 0 Å². The van der Waals surface area contributed by atoms with Gasteiger partial charge in [-0.3, -0.25) is 0 Å². The van der Waals surface area contributed by atoms with Crippen LogP contribution in [0, 0.1) is 5.82 Å². The van der Waals surface area contributed by atoms with Crippen LogP contribution in [0.15, 0.2) is 55.1 Å². The van der Waals surface area contributed by atoms with Crippen molar-refractivity contribution in [1.82, 2.24) is 0 Å². The number of rotatable bonds is 3. The molecule has 4 rings (SSSR count). The van der Waals surface area contributed by atoms with Crippen LogP contribution in [-0.2, 0) is 19.3 Å². The Morgan fingerprint density at radius 1 is 1.08 bits per heavy atom. The molecule has 1 atom stereocenters. The maximum atomic E-state index is 15.2. The van der Waals surface area contributed by atoms with Crippen LogP contribution in [0.3, 0.4) is 0 Å². The monoisotopic (exact) mass is 330 g/mol. The fourth-order valence-electron chi connectivity index (χ4n) is 4.06. The van der Waals surface area contributed by atoms with Crippen molar-refractivity contribution in [1.29, 1.82) is 0 Å². The van der Waals surface area contributed by atoms with Crippen LogP contribution in [0.25, 0.3) is 16.8 Å². The van der Waals surface area contributed by atoms with Gasteiger partial charge in [0.15, 0.2) is 0 Å². The smallest absolute Gasteiger partial charge is 0.134 e. The van der Waals surface area contributed by atoms with Crippen molar-refractivity contribution in [3.05, 3.63) is 88.7 Å². The summed E-state index contributed by atoms with van der Waals surface area (Å²) in [4.78, 5) is 0. The Morgan fingerprint density at radius 3 is 2.76 bits per heavy atom. The quantitative estimate of drug-likeness (QED) is 0.517. The van der Waals surface area contributed by atoms with Gasteiger partial charge < -0.3 is 0 Å². The number of aryl methyl sites for hydroxylation is 2. The van der Waals surface area contributed by atoms with E-state index in [9.17, 15) is 0 Å². The minimum Gasteiger partial charge on any atom is -0.206 e. The Morgan fingerprint density at radius 2 is 1.96 bits per heavy atom. The van der Waals surface area contributed by atoms with Gasteiger partial charge in [-0.1, -0.05) is 68.1 Å². The molecule has 0 saturated carbocycles. The normalized spacial score (nSPS) is 16.6. The lowest BCUT2D eigenvalue weighted by atomic mass is 9.79. The third-order valence-corrected chi connectivity index (χ3v) is 5.59. The van der Waals surface area contributed by atoms with Crippen molar-refractivity contribution in [3.8, 4) is 0 Å². The van der Waals surface area contributed by atoms with Crippen LogP contribution in [0.2, 0.25) is 0 Å². The molecule has 0 nitrogen and oxygen atoms in total. The van der Waals surface area contributed by atoms with E-state index in [0.29, 0.717) is 0 Å². The summed E-state index contributed by atoms with van der Waals surface area (Å²) in [6, 6.07) is 16.7. The third kappa shape index (κ3) is 2.89. The van der Waals surface area contributed by atoms with Crippen LogP contribution >= 0.6 is 0 Å². The van der Waals surface area contributed by atoms with Crippen molar-refractivity contribution in [3.63, 3.8) is 0 Å². The molecule has 0 N–H and O–H groups in total. The van der Waals surface area contributed by atoms with Crippen LogP contribution in [0.5, 0.6) is 0 Å². The summed E-state index contributed by atoms with van der Waals surface area (Å²) in [5.74, 6) is 0.230. The van der Waals surface area contributed by atoms with Crippen molar-refractivity contribution >= 4 is 16.8 Å². The summed E-state index contributed by atoms with van der Waals surface area (Å²) < 4.78 is 15.2. The van der Waals surface area contributed by atoms with Gasteiger partial charge in [0.05, 0.1) is 0 Å². The van der Waals surface area contributed by atoms with E-state index >= 15 is 4.39 Å². The maximum absolute atomic E-state index is 15.2. The van der Waals surface area contributed by atoms with Gasteiger partial charge in [0.25, 0.3) is 0 Å².